The number of hydrogen-bond acceptors (Lipinski definition) is 6. The van der Waals surface area contributed by atoms with Crippen LogP contribution in [0.25, 0.3) is 11.1 Å². The third-order valence-electron chi connectivity index (χ3n) is 7.46. The quantitative estimate of drug-likeness (QED) is 0.135. The van der Waals surface area contributed by atoms with Crippen molar-refractivity contribution in [3.8, 4) is 28.7 Å². The average Bonchev–Trinajstić information content (AvgIpc) is 3.60. The highest BCUT2D eigenvalue weighted by Crippen LogP contribution is 2.47. The summed E-state index contributed by atoms with van der Waals surface area (Å²) in [5.74, 6) is -0.265. The second-order valence-corrected chi connectivity index (χ2v) is 10.6. The molecule has 11 heteroatoms. The van der Waals surface area contributed by atoms with Gasteiger partial charge in [0, 0.05) is 29.0 Å². The molecule has 0 aliphatic rings. The monoisotopic (exact) mass is 635 g/mol. The molecule has 0 radical (unpaired) electrons. The number of H-pyrrole nitrogens is 1. The second kappa shape index (κ2) is 13.2. The van der Waals surface area contributed by atoms with E-state index in [4.69, 9.17) is 4.74 Å². The number of nitrogens with one attached hydrogen (secondary N) is 1. The number of ether oxygens (including phenoxy) is 1. The van der Waals surface area contributed by atoms with Crippen LogP contribution in [-0.2, 0) is 24.6 Å². The number of aromatic nitrogens is 5. The summed E-state index contributed by atoms with van der Waals surface area (Å²) < 4.78 is 66.1. The molecule has 4 aromatic carbocycles. The standard InChI is InChI=1S/C36H25F4N5O2/c37-29-15-18-31(32(38)20-29)35(46,21-34-42-44-45-43-34)36(39,40)33-19-12-25(22-41-33)9-6-24-7-10-26(11-8-24)23-47-30-16-13-28(14-17-30)27-4-2-1-3-5-27/h1-5,7-8,10-20,22,46H,21,23H2,(H,42,43,44,45). The Morgan fingerprint density at radius 1 is 0.787 bits per heavy atom. The molecule has 6 aromatic rings. The number of benzene rings is 4. The number of tetrazole rings is 1. The third kappa shape index (κ3) is 6.88. The summed E-state index contributed by atoms with van der Waals surface area (Å²) in [6, 6.07) is 29.5. The highest BCUT2D eigenvalue weighted by Gasteiger charge is 2.58. The minimum Gasteiger partial charge on any atom is -0.489 e. The van der Waals surface area contributed by atoms with Crippen molar-refractivity contribution in [3.05, 3.63) is 161 Å². The van der Waals surface area contributed by atoms with E-state index in [2.05, 4.69) is 37.4 Å². The summed E-state index contributed by atoms with van der Waals surface area (Å²) in [5.41, 5.74) is -0.786. The van der Waals surface area contributed by atoms with Gasteiger partial charge in [0.25, 0.3) is 0 Å². The first kappa shape index (κ1) is 31.1. The van der Waals surface area contributed by atoms with Gasteiger partial charge in [0.05, 0.1) is 6.42 Å². The average molecular weight is 636 g/mol. The molecule has 0 saturated carbocycles. The first-order valence-corrected chi connectivity index (χ1v) is 14.4. The van der Waals surface area contributed by atoms with Crippen molar-refractivity contribution in [1.82, 2.24) is 25.6 Å². The smallest absolute Gasteiger partial charge is 0.322 e. The molecular weight excluding hydrogens is 610 g/mol. The fourth-order valence-corrected chi connectivity index (χ4v) is 4.92. The van der Waals surface area contributed by atoms with E-state index in [1.165, 1.54) is 6.07 Å². The molecule has 0 saturated heterocycles. The summed E-state index contributed by atoms with van der Waals surface area (Å²) in [5, 5.41) is 23.9. The highest BCUT2D eigenvalue weighted by atomic mass is 19.3. The lowest BCUT2D eigenvalue weighted by Crippen LogP contribution is -2.46. The van der Waals surface area contributed by atoms with Gasteiger partial charge in [-0.25, -0.2) is 8.78 Å². The van der Waals surface area contributed by atoms with Gasteiger partial charge >= 0.3 is 5.92 Å². The number of aromatic amines is 1. The number of rotatable bonds is 9. The normalized spacial score (nSPS) is 12.5. The van der Waals surface area contributed by atoms with Crippen molar-refractivity contribution in [2.24, 2.45) is 0 Å². The maximum Gasteiger partial charge on any atom is 0.322 e. The van der Waals surface area contributed by atoms with E-state index in [1.54, 1.807) is 0 Å². The molecule has 0 aliphatic heterocycles. The fourth-order valence-electron chi connectivity index (χ4n) is 4.92. The Morgan fingerprint density at radius 2 is 1.49 bits per heavy atom. The molecule has 0 fully saturated rings. The van der Waals surface area contributed by atoms with E-state index >= 15 is 8.78 Å². The molecule has 47 heavy (non-hydrogen) atoms. The molecule has 0 amide bonds. The molecule has 234 valence electrons. The lowest BCUT2D eigenvalue weighted by molar-refractivity contribution is -0.199. The Balaban J connectivity index is 1.13. The molecule has 1 atom stereocenters. The number of hydrogen-bond donors (Lipinski definition) is 2. The van der Waals surface area contributed by atoms with Crippen molar-refractivity contribution in [2.45, 2.75) is 24.6 Å². The van der Waals surface area contributed by atoms with Gasteiger partial charge in [-0.05, 0) is 59.2 Å². The predicted molar refractivity (Wildman–Crippen MR) is 165 cm³/mol. The predicted octanol–water partition coefficient (Wildman–Crippen LogP) is 6.74. The summed E-state index contributed by atoms with van der Waals surface area (Å²) >= 11 is 0. The Bertz CT molecular complexity index is 2010. The molecule has 7 nitrogen and oxygen atoms in total. The molecular formula is C36H25F4N5O2. The fraction of sp³-hybridized carbons (Fsp3) is 0.111. The molecule has 2 heterocycles. The van der Waals surface area contributed by atoms with Gasteiger partial charge in [0.1, 0.15) is 29.7 Å². The number of halogens is 4. The SMILES string of the molecule is OC(Cc1nn[nH]n1)(c1ccc(F)cc1F)C(F)(F)c1ccc(C#Cc2ccc(COc3ccc(-c4ccccc4)cc3)cc2)cn1. The van der Waals surface area contributed by atoms with Crippen LogP contribution < -0.4 is 4.74 Å². The van der Waals surface area contributed by atoms with Gasteiger partial charge < -0.3 is 9.84 Å². The van der Waals surface area contributed by atoms with Crippen LogP contribution in [-0.4, -0.2) is 30.7 Å². The summed E-state index contributed by atoms with van der Waals surface area (Å²) in [6.07, 6.45) is 0.182. The van der Waals surface area contributed by atoms with Gasteiger partial charge in [-0.2, -0.15) is 14.0 Å². The maximum atomic E-state index is 15.9. The molecule has 6 rings (SSSR count). The molecule has 1 unspecified atom stereocenters. The van der Waals surface area contributed by atoms with E-state index in [0.717, 1.165) is 46.8 Å². The van der Waals surface area contributed by atoms with Crippen LogP contribution in [0.1, 0.15) is 33.8 Å². The van der Waals surface area contributed by atoms with E-state index in [-0.39, 0.29) is 5.82 Å². The van der Waals surface area contributed by atoms with Crippen molar-refractivity contribution in [2.75, 3.05) is 0 Å². The van der Waals surface area contributed by atoms with Crippen LogP contribution in [0.4, 0.5) is 17.6 Å². The number of aliphatic hydroxyl groups is 1. The first-order valence-electron chi connectivity index (χ1n) is 14.4. The zero-order valence-electron chi connectivity index (χ0n) is 24.5. The van der Waals surface area contributed by atoms with Crippen LogP contribution in [0.2, 0.25) is 0 Å². The zero-order valence-corrected chi connectivity index (χ0v) is 24.5. The van der Waals surface area contributed by atoms with Gasteiger partial charge in [0.15, 0.2) is 11.4 Å². The Morgan fingerprint density at radius 3 is 2.15 bits per heavy atom. The second-order valence-electron chi connectivity index (χ2n) is 10.6. The third-order valence-corrected chi connectivity index (χ3v) is 7.46. The van der Waals surface area contributed by atoms with Crippen LogP contribution in [0, 0.1) is 23.5 Å². The van der Waals surface area contributed by atoms with Gasteiger partial charge in [-0.3, -0.25) is 4.98 Å². The molecule has 0 bridgehead atoms. The number of alkyl halides is 2. The number of nitrogens with zero attached hydrogens (tertiary/aromatic N) is 4. The molecule has 2 aromatic heterocycles. The maximum absolute atomic E-state index is 15.9. The minimum atomic E-state index is -4.17. The Hall–Kier alpha value is -5.86. The van der Waals surface area contributed by atoms with Crippen molar-refractivity contribution in [1.29, 1.82) is 0 Å². The van der Waals surface area contributed by atoms with Crippen molar-refractivity contribution in [3.63, 3.8) is 0 Å². The van der Waals surface area contributed by atoms with Gasteiger partial charge in [-0.15, -0.1) is 10.2 Å². The summed E-state index contributed by atoms with van der Waals surface area (Å²) in [6.45, 7) is 0.360. The van der Waals surface area contributed by atoms with Crippen LogP contribution in [0.3, 0.4) is 0 Å². The van der Waals surface area contributed by atoms with E-state index in [0.29, 0.717) is 23.8 Å². The minimum absolute atomic E-state index is 0.312. The van der Waals surface area contributed by atoms with Crippen LogP contribution in [0.5, 0.6) is 5.75 Å². The highest BCUT2D eigenvalue weighted by molar-refractivity contribution is 5.63. The Labute approximate surface area is 266 Å². The summed E-state index contributed by atoms with van der Waals surface area (Å²) in [7, 11) is 0. The van der Waals surface area contributed by atoms with E-state index in [1.807, 2.05) is 78.9 Å². The van der Waals surface area contributed by atoms with E-state index in [9.17, 15) is 13.9 Å². The topological polar surface area (TPSA) is 96.8 Å². The molecule has 0 aliphatic carbocycles. The first-order chi connectivity index (χ1) is 22.7. The molecule has 0 spiro atoms. The van der Waals surface area contributed by atoms with Gasteiger partial charge in [-0.1, -0.05) is 77.7 Å². The Kier molecular flexibility index (Phi) is 8.77. The van der Waals surface area contributed by atoms with Crippen molar-refractivity contribution < 1.29 is 27.4 Å². The lowest BCUT2D eigenvalue weighted by Gasteiger charge is -2.35. The van der Waals surface area contributed by atoms with Crippen LogP contribution in [0.15, 0.2) is 115 Å². The molecule has 2 N–H and O–H groups in total. The van der Waals surface area contributed by atoms with Gasteiger partial charge in [0.2, 0.25) is 0 Å². The van der Waals surface area contributed by atoms with Crippen molar-refractivity contribution >= 4 is 0 Å². The van der Waals surface area contributed by atoms with Crippen LogP contribution >= 0.6 is 0 Å². The lowest BCUT2D eigenvalue weighted by atomic mass is 9.81. The zero-order chi connectivity index (χ0) is 32.9. The summed E-state index contributed by atoms with van der Waals surface area (Å²) in [4.78, 5) is 3.83. The largest absolute Gasteiger partial charge is 0.489 e. The van der Waals surface area contributed by atoms with E-state index < -0.39 is 40.8 Å². The number of pyridine rings is 1.